The van der Waals surface area contributed by atoms with Gasteiger partial charge in [-0.25, -0.2) is 9.97 Å². The molecule has 17 heavy (non-hydrogen) atoms. The molecule has 3 nitrogen and oxygen atoms in total. The Morgan fingerprint density at radius 1 is 1.41 bits per heavy atom. The van der Waals surface area contributed by atoms with E-state index in [0.717, 1.165) is 31.3 Å². The largest absolute Gasteiger partial charge is 0.313 e. The fourth-order valence-electron chi connectivity index (χ4n) is 2.17. The van der Waals surface area contributed by atoms with Gasteiger partial charge in [0.15, 0.2) is 0 Å². The molecule has 1 saturated carbocycles. The molecule has 0 amide bonds. The van der Waals surface area contributed by atoms with E-state index in [1.807, 2.05) is 6.20 Å². The summed E-state index contributed by atoms with van der Waals surface area (Å²) in [6.07, 6.45) is 5.45. The third-order valence-corrected chi connectivity index (χ3v) is 3.49. The molecular formula is C14H23N3. The van der Waals surface area contributed by atoms with Crippen LogP contribution in [-0.4, -0.2) is 16.5 Å². The Hall–Kier alpha value is -0.960. The fourth-order valence-corrected chi connectivity index (χ4v) is 2.17. The van der Waals surface area contributed by atoms with E-state index in [2.05, 4.69) is 31.1 Å². The van der Waals surface area contributed by atoms with Crippen molar-refractivity contribution in [2.24, 2.45) is 5.92 Å². The average Bonchev–Trinajstić information content (AvgIpc) is 3.07. The number of aromatic nitrogens is 2. The molecule has 3 heteroatoms. The summed E-state index contributed by atoms with van der Waals surface area (Å²) in [6, 6.07) is 0. The van der Waals surface area contributed by atoms with Gasteiger partial charge < -0.3 is 5.32 Å². The second-order valence-corrected chi connectivity index (χ2v) is 5.05. The molecule has 94 valence electrons. The van der Waals surface area contributed by atoms with Crippen LogP contribution in [0, 0.1) is 5.92 Å². The molecule has 0 aliphatic heterocycles. The number of nitrogens with zero attached hydrogens (tertiary/aromatic N) is 2. The lowest BCUT2D eigenvalue weighted by Gasteiger charge is -2.09. The number of hydrogen-bond acceptors (Lipinski definition) is 3. The Balaban J connectivity index is 2.05. The van der Waals surface area contributed by atoms with Crippen molar-refractivity contribution < 1.29 is 0 Å². The van der Waals surface area contributed by atoms with E-state index in [1.165, 1.54) is 24.1 Å². The predicted octanol–water partition coefficient (Wildman–Crippen LogP) is 2.66. The van der Waals surface area contributed by atoms with Crippen LogP contribution in [0.5, 0.6) is 0 Å². The van der Waals surface area contributed by atoms with Crippen LogP contribution in [0.1, 0.15) is 56.6 Å². The van der Waals surface area contributed by atoms with E-state index in [0.29, 0.717) is 5.92 Å². The second-order valence-electron chi connectivity index (χ2n) is 5.05. The predicted molar refractivity (Wildman–Crippen MR) is 69.9 cm³/mol. The maximum atomic E-state index is 4.73. The third kappa shape index (κ3) is 3.03. The highest BCUT2D eigenvalue weighted by atomic mass is 14.9. The summed E-state index contributed by atoms with van der Waals surface area (Å²) in [5, 5.41) is 3.42. The van der Waals surface area contributed by atoms with Crippen LogP contribution in [0.4, 0.5) is 0 Å². The molecule has 1 aliphatic rings. The first kappa shape index (κ1) is 12.5. The smallest absolute Gasteiger partial charge is 0.131 e. The number of aryl methyl sites for hydroxylation is 1. The van der Waals surface area contributed by atoms with Crippen molar-refractivity contribution in [3.8, 4) is 0 Å². The van der Waals surface area contributed by atoms with Gasteiger partial charge in [-0.15, -0.1) is 0 Å². The molecule has 1 N–H and O–H groups in total. The lowest BCUT2D eigenvalue weighted by molar-refractivity contribution is 0.662. The summed E-state index contributed by atoms with van der Waals surface area (Å²) in [5.74, 6) is 2.47. The van der Waals surface area contributed by atoms with Gasteiger partial charge in [0.1, 0.15) is 5.82 Å². The molecule has 0 spiro atoms. The quantitative estimate of drug-likeness (QED) is 0.768. The first-order chi connectivity index (χ1) is 8.26. The molecule has 0 aromatic carbocycles. The highest BCUT2D eigenvalue weighted by Gasteiger charge is 2.36. The van der Waals surface area contributed by atoms with Crippen LogP contribution in [0.3, 0.4) is 0 Å². The minimum atomic E-state index is 0.623. The molecule has 2 atom stereocenters. The van der Waals surface area contributed by atoms with E-state index < -0.39 is 0 Å². The Morgan fingerprint density at radius 2 is 2.18 bits per heavy atom. The minimum Gasteiger partial charge on any atom is -0.313 e. The van der Waals surface area contributed by atoms with Crippen LogP contribution in [0.15, 0.2) is 6.20 Å². The van der Waals surface area contributed by atoms with Crippen LogP contribution in [0.25, 0.3) is 0 Å². The van der Waals surface area contributed by atoms with Crippen molar-refractivity contribution in [3.63, 3.8) is 0 Å². The minimum absolute atomic E-state index is 0.623. The Labute approximate surface area is 104 Å². The topological polar surface area (TPSA) is 37.8 Å². The van der Waals surface area contributed by atoms with Crippen molar-refractivity contribution in [1.29, 1.82) is 0 Å². The maximum absolute atomic E-state index is 4.73. The van der Waals surface area contributed by atoms with Gasteiger partial charge in [-0.2, -0.15) is 0 Å². The standard InChI is InChI=1S/C14H23N3/c1-4-6-15-8-11-9-16-14(12-7-10(12)3)17-13(11)5-2/h9-10,12,15H,4-8H2,1-3H3. The lowest BCUT2D eigenvalue weighted by atomic mass is 10.1. The fraction of sp³-hybridized carbons (Fsp3) is 0.714. The Kier molecular flexibility index (Phi) is 4.11. The highest BCUT2D eigenvalue weighted by Crippen LogP contribution is 2.45. The van der Waals surface area contributed by atoms with Gasteiger partial charge in [-0.3, -0.25) is 0 Å². The first-order valence-corrected chi connectivity index (χ1v) is 6.81. The first-order valence-electron chi connectivity index (χ1n) is 6.81. The SMILES string of the molecule is CCCNCc1cnc(C2CC2C)nc1CC. The van der Waals surface area contributed by atoms with E-state index >= 15 is 0 Å². The summed E-state index contributed by atoms with van der Waals surface area (Å²) in [5.41, 5.74) is 2.48. The molecular weight excluding hydrogens is 210 g/mol. The molecule has 0 bridgehead atoms. The van der Waals surface area contributed by atoms with Gasteiger partial charge in [0.05, 0.1) is 0 Å². The third-order valence-electron chi connectivity index (χ3n) is 3.49. The number of nitrogens with one attached hydrogen (secondary N) is 1. The normalized spacial score (nSPS) is 22.8. The maximum Gasteiger partial charge on any atom is 0.131 e. The number of rotatable bonds is 6. The molecule has 1 aromatic heterocycles. The van der Waals surface area contributed by atoms with Crippen molar-refractivity contribution in [2.75, 3.05) is 6.54 Å². The second kappa shape index (κ2) is 5.58. The lowest BCUT2D eigenvalue weighted by Crippen LogP contribution is -2.16. The molecule has 1 aliphatic carbocycles. The van der Waals surface area contributed by atoms with Crippen LogP contribution >= 0.6 is 0 Å². The summed E-state index contributed by atoms with van der Waals surface area (Å²) < 4.78 is 0. The van der Waals surface area contributed by atoms with Crippen LogP contribution < -0.4 is 5.32 Å². The van der Waals surface area contributed by atoms with Gasteiger partial charge in [0.2, 0.25) is 0 Å². The van der Waals surface area contributed by atoms with E-state index in [1.54, 1.807) is 0 Å². The monoisotopic (exact) mass is 233 g/mol. The molecule has 2 rings (SSSR count). The Morgan fingerprint density at radius 3 is 2.76 bits per heavy atom. The molecule has 1 aromatic rings. The van der Waals surface area contributed by atoms with E-state index in [4.69, 9.17) is 4.98 Å². The zero-order valence-electron chi connectivity index (χ0n) is 11.2. The van der Waals surface area contributed by atoms with E-state index in [9.17, 15) is 0 Å². The zero-order chi connectivity index (χ0) is 12.3. The highest BCUT2D eigenvalue weighted by molar-refractivity contribution is 5.21. The summed E-state index contributed by atoms with van der Waals surface area (Å²) in [4.78, 5) is 9.26. The van der Waals surface area contributed by atoms with Gasteiger partial charge in [0.25, 0.3) is 0 Å². The molecule has 1 fully saturated rings. The van der Waals surface area contributed by atoms with Crippen molar-refractivity contribution in [2.45, 2.75) is 52.5 Å². The molecule has 1 heterocycles. The zero-order valence-corrected chi connectivity index (χ0v) is 11.2. The summed E-state index contributed by atoms with van der Waals surface area (Å²) in [7, 11) is 0. The van der Waals surface area contributed by atoms with Gasteiger partial charge in [-0.1, -0.05) is 20.8 Å². The van der Waals surface area contributed by atoms with Gasteiger partial charge in [0, 0.05) is 29.9 Å². The van der Waals surface area contributed by atoms with Crippen LogP contribution in [-0.2, 0) is 13.0 Å². The molecule has 2 unspecified atom stereocenters. The van der Waals surface area contributed by atoms with Crippen molar-refractivity contribution in [1.82, 2.24) is 15.3 Å². The van der Waals surface area contributed by atoms with Gasteiger partial charge >= 0.3 is 0 Å². The molecule has 0 radical (unpaired) electrons. The Bertz CT molecular complexity index is 376. The van der Waals surface area contributed by atoms with Gasteiger partial charge in [-0.05, 0) is 31.7 Å². The molecule has 0 saturated heterocycles. The summed E-state index contributed by atoms with van der Waals surface area (Å²) >= 11 is 0. The van der Waals surface area contributed by atoms with Crippen molar-refractivity contribution >= 4 is 0 Å². The van der Waals surface area contributed by atoms with E-state index in [-0.39, 0.29) is 0 Å². The van der Waals surface area contributed by atoms with Crippen molar-refractivity contribution in [3.05, 3.63) is 23.3 Å². The number of hydrogen-bond donors (Lipinski definition) is 1. The average molecular weight is 233 g/mol. The summed E-state index contributed by atoms with van der Waals surface area (Å²) in [6.45, 7) is 8.59. The van der Waals surface area contributed by atoms with Crippen LogP contribution in [0.2, 0.25) is 0 Å².